The van der Waals surface area contributed by atoms with E-state index in [9.17, 15) is 19.7 Å². The Labute approximate surface area is 202 Å². The van der Waals surface area contributed by atoms with Gasteiger partial charge in [-0.05, 0) is 26.0 Å². The van der Waals surface area contributed by atoms with Gasteiger partial charge in [0.2, 0.25) is 0 Å². The molecule has 0 atom stereocenters. The summed E-state index contributed by atoms with van der Waals surface area (Å²) in [4.78, 5) is 49.4. The number of aryl methyl sites for hydroxylation is 1. The van der Waals surface area contributed by atoms with Crippen molar-refractivity contribution in [2.75, 3.05) is 37.7 Å². The van der Waals surface area contributed by atoms with E-state index in [4.69, 9.17) is 4.74 Å². The summed E-state index contributed by atoms with van der Waals surface area (Å²) in [5, 5.41) is 10.9. The average molecular weight is 476 g/mol. The van der Waals surface area contributed by atoms with E-state index in [0.29, 0.717) is 37.7 Å². The van der Waals surface area contributed by atoms with Gasteiger partial charge in [0.05, 0.1) is 17.2 Å². The number of piperazine rings is 1. The van der Waals surface area contributed by atoms with Crippen molar-refractivity contribution in [3.05, 3.63) is 81.7 Å². The van der Waals surface area contributed by atoms with Gasteiger partial charge in [0, 0.05) is 49.6 Å². The molecule has 10 heteroatoms. The van der Waals surface area contributed by atoms with Gasteiger partial charge < -0.3 is 14.5 Å². The molecule has 1 amide bonds. The average Bonchev–Trinajstić information content (AvgIpc) is 2.88. The molecule has 2 aromatic carbocycles. The molecule has 0 bridgehead atoms. The molecule has 180 valence electrons. The first-order chi connectivity index (χ1) is 16.9. The van der Waals surface area contributed by atoms with Crippen LogP contribution in [0.1, 0.15) is 33.5 Å². The van der Waals surface area contributed by atoms with E-state index in [1.54, 1.807) is 30.9 Å². The highest BCUT2D eigenvalue weighted by molar-refractivity contribution is 6.05. The molecule has 35 heavy (non-hydrogen) atoms. The van der Waals surface area contributed by atoms with E-state index < -0.39 is 10.9 Å². The number of anilines is 1. The van der Waals surface area contributed by atoms with Crippen molar-refractivity contribution in [1.82, 2.24) is 14.9 Å². The molecule has 0 spiro atoms. The molecule has 2 heterocycles. The van der Waals surface area contributed by atoms with Crippen molar-refractivity contribution in [3.63, 3.8) is 0 Å². The second kappa shape index (κ2) is 10.3. The molecule has 0 unspecified atom stereocenters. The van der Waals surface area contributed by atoms with Crippen LogP contribution >= 0.6 is 0 Å². The highest BCUT2D eigenvalue weighted by atomic mass is 16.6. The maximum absolute atomic E-state index is 13.6. The molecule has 1 aliphatic heterocycles. The summed E-state index contributed by atoms with van der Waals surface area (Å²) in [6.45, 7) is 5.42. The van der Waals surface area contributed by atoms with Crippen LogP contribution in [-0.2, 0) is 4.74 Å². The molecule has 4 rings (SSSR count). The number of esters is 1. The van der Waals surface area contributed by atoms with Crippen LogP contribution in [0.15, 0.2) is 54.6 Å². The first-order valence-corrected chi connectivity index (χ1v) is 11.3. The van der Waals surface area contributed by atoms with Gasteiger partial charge in [-0.2, -0.15) is 0 Å². The molecule has 0 N–H and O–H groups in total. The van der Waals surface area contributed by atoms with Crippen LogP contribution in [-0.4, -0.2) is 64.5 Å². The quantitative estimate of drug-likeness (QED) is 0.302. The molecule has 10 nitrogen and oxygen atoms in total. The number of nitro groups is 1. The number of amides is 1. The molecular formula is C25H25N5O5. The second-order valence-corrected chi connectivity index (χ2v) is 8.00. The van der Waals surface area contributed by atoms with E-state index >= 15 is 0 Å². The number of ether oxygens (including phenoxy) is 1. The minimum Gasteiger partial charge on any atom is -0.462 e. The fraction of sp³-hybridized carbons (Fsp3) is 0.280. The molecule has 3 aromatic rings. The molecule has 0 aliphatic carbocycles. The number of nitrogens with zero attached hydrogens (tertiary/aromatic N) is 5. The van der Waals surface area contributed by atoms with Crippen LogP contribution < -0.4 is 4.90 Å². The van der Waals surface area contributed by atoms with Gasteiger partial charge in [-0.25, -0.2) is 14.8 Å². The molecule has 1 saturated heterocycles. The molecule has 1 fully saturated rings. The summed E-state index contributed by atoms with van der Waals surface area (Å²) in [6.07, 6.45) is 0. The number of nitro benzene ring substituents is 1. The van der Waals surface area contributed by atoms with Gasteiger partial charge in [-0.15, -0.1) is 0 Å². The van der Waals surface area contributed by atoms with Crippen molar-refractivity contribution in [3.8, 4) is 11.4 Å². The Balaban J connectivity index is 1.59. The van der Waals surface area contributed by atoms with Crippen LogP contribution in [0.5, 0.6) is 0 Å². The smallest absolute Gasteiger partial charge is 0.342 e. The van der Waals surface area contributed by atoms with E-state index in [2.05, 4.69) is 14.9 Å². The number of carbonyl (C=O) groups is 2. The Bertz CT molecular complexity index is 1240. The van der Waals surface area contributed by atoms with Gasteiger partial charge in [-0.1, -0.05) is 30.3 Å². The number of non-ortho nitro benzene ring substituents is 1. The SMILES string of the molecule is CCOC(=O)c1c(C)nc(-c2ccccc2)nc1C(=O)N1CCN(c2ccc([N+](=O)[O-])cc2)CC1. The predicted octanol–water partition coefficient (Wildman–Crippen LogP) is 3.50. The number of rotatable bonds is 6. The van der Waals surface area contributed by atoms with E-state index in [1.807, 2.05) is 30.3 Å². The van der Waals surface area contributed by atoms with Crippen LogP contribution in [0.2, 0.25) is 0 Å². The van der Waals surface area contributed by atoms with Crippen LogP contribution in [0, 0.1) is 17.0 Å². The number of carbonyl (C=O) groups excluding carboxylic acids is 2. The maximum Gasteiger partial charge on any atom is 0.342 e. The lowest BCUT2D eigenvalue weighted by Crippen LogP contribution is -2.49. The van der Waals surface area contributed by atoms with E-state index in [1.165, 1.54) is 12.1 Å². The molecule has 1 aliphatic rings. The Morgan fingerprint density at radius 3 is 2.26 bits per heavy atom. The van der Waals surface area contributed by atoms with Crippen LogP contribution in [0.4, 0.5) is 11.4 Å². The standard InChI is InChI=1S/C25H25N5O5/c1-3-35-25(32)21-17(2)26-23(18-7-5-4-6-8-18)27-22(21)24(31)29-15-13-28(14-16-29)19-9-11-20(12-10-19)30(33)34/h4-12H,3,13-16H2,1-2H3. The molecule has 0 saturated carbocycles. The Kier molecular flexibility index (Phi) is 7.00. The van der Waals surface area contributed by atoms with Crippen molar-refractivity contribution in [2.45, 2.75) is 13.8 Å². The summed E-state index contributed by atoms with van der Waals surface area (Å²) in [5.41, 5.74) is 2.10. The second-order valence-electron chi connectivity index (χ2n) is 8.00. The molecular weight excluding hydrogens is 450 g/mol. The highest BCUT2D eigenvalue weighted by Crippen LogP contribution is 2.24. The topological polar surface area (TPSA) is 119 Å². The number of benzene rings is 2. The lowest BCUT2D eigenvalue weighted by atomic mass is 10.1. The van der Waals surface area contributed by atoms with Crippen molar-refractivity contribution in [2.24, 2.45) is 0 Å². The van der Waals surface area contributed by atoms with E-state index in [0.717, 1.165) is 11.3 Å². The first kappa shape index (κ1) is 23.8. The minimum atomic E-state index is -0.627. The Morgan fingerprint density at radius 1 is 1.00 bits per heavy atom. The number of hydrogen-bond acceptors (Lipinski definition) is 8. The predicted molar refractivity (Wildman–Crippen MR) is 129 cm³/mol. The lowest BCUT2D eigenvalue weighted by Gasteiger charge is -2.36. The third-order valence-corrected chi connectivity index (χ3v) is 5.80. The van der Waals surface area contributed by atoms with Crippen molar-refractivity contribution in [1.29, 1.82) is 0 Å². The van der Waals surface area contributed by atoms with Crippen molar-refractivity contribution < 1.29 is 19.2 Å². The van der Waals surface area contributed by atoms with Gasteiger partial charge in [0.15, 0.2) is 5.82 Å². The van der Waals surface area contributed by atoms with Crippen molar-refractivity contribution >= 4 is 23.3 Å². The fourth-order valence-corrected chi connectivity index (χ4v) is 3.99. The normalized spacial score (nSPS) is 13.4. The summed E-state index contributed by atoms with van der Waals surface area (Å²) in [6, 6.07) is 15.6. The zero-order valence-electron chi connectivity index (χ0n) is 19.5. The Morgan fingerprint density at radius 2 is 1.66 bits per heavy atom. The largest absolute Gasteiger partial charge is 0.462 e. The van der Waals surface area contributed by atoms with Gasteiger partial charge in [0.1, 0.15) is 11.3 Å². The van der Waals surface area contributed by atoms with Gasteiger partial charge >= 0.3 is 5.97 Å². The summed E-state index contributed by atoms with van der Waals surface area (Å²) < 4.78 is 5.19. The zero-order chi connectivity index (χ0) is 24.9. The number of hydrogen-bond donors (Lipinski definition) is 0. The summed E-state index contributed by atoms with van der Waals surface area (Å²) >= 11 is 0. The maximum atomic E-state index is 13.6. The molecule has 1 aromatic heterocycles. The third kappa shape index (κ3) is 5.11. The van der Waals surface area contributed by atoms with E-state index in [-0.39, 0.29) is 29.5 Å². The van der Waals surface area contributed by atoms with Gasteiger partial charge in [0.25, 0.3) is 11.6 Å². The number of aromatic nitrogens is 2. The monoisotopic (exact) mass is 475 g/mol. The fourth-order valence-electron chi connectivity index (χ4n) is 3.99. The minimum absolute atomic E-state index is 0.0265. The van der Waals surface area contributed by atoms with Gasteiger partial charge in [-0.3, -0.25) is 14.9 Å². The highest BCUT2D eigenvalue weighted by Gasteiger charge is 2.30. The summed E-state index contributed by atoms with van der Waals surface area (Å²) in [5.74, 6) is -0.624. The van der Waals surface area contributed by atoms with Crippen LogP contribution in [0.3, 0.4) is 0 Å². The third-order valence-electron chi connectivity index (χ3n) is 5.80. The zero-order valence-corrected chi connectivity index (χ0v) is 19.5. The first-order valence-electron chi connectivity index (χ1n) is 11.3. The molecule has 0 radical (unpaired) electrons. The lowest BCUT2D eigenvalue weighted by molar-refractivity contribution is -0.384. The Hall–Kier alpha value is -4.34. The van der Waals surface area contributed by atoms with Crippen LogP contribution in [0.25, 0.3) is 11.4 Å². The summed E-state index contributed by atoms with van der Waals surface area (Å²) in [7, 11) is 0.